The number of rotatable bonds is 3. The minimum absolute atomic E-state index is 0.297. The van der Waals surface area contributed by atoms with E-state index in [0.29, 0.717) is 12.4 Å². The topological polar surface area (TPSA) is 9.23 Å². The third-order valence-electron chi connectivity index (χ3n) is 1.44. The Kier molecular flexibility index (Phi) is 3.41. The zero-order chi connectivity index (χ0) is 8.97. The normalized spacial score (nSPS) is 9.92. The van der Waals surface area contributed by atoms with Crippen molar-refractivity contribution in [2.45, 2.75) is 11.8 Å². The van der Waals surface area contributed by atoms with Gasteiger partial charge in [0, 0.05) is 4.90 Å². The van der Waals surface area contributed by atoms with Crippen LogP contribution in [0.5, 0.6) is 5.75 Å². The van der Waals surface area contributed by atoms with Crippen molar-refractivity contribution < 1.29 is 9.13 Å². The van der Waals surface area contributed by atoms with E-state index in [4.69, 9.17) is 4.74 Å². The average molecular weight is 186 g/mol. The monoisotopic (exact) mass is 186 g/mol. The van der Waals surface area contributed by atoms with Gasteiger partial charge in [-0.05, 0) is 31.4 Å². The van der Waals surface area contributed by atoms with Gasteiger partial charge in [0.1, 0.15) is 0 Å². The molecule has 1 aromatic carbocycles. The highest BCUT2D eigenvalue weighted by molar-refractivity contribution is 7.98. The summed E-state index contributed by atoms with van der Waals surface area (Å²) in [6, 6.07) is 4.88. The number of hydrogen-bond acceptors (Lipinski definition) is 2. The molecule has 0 atom stereocenters. The van der Waals surface area contributed by atoms with E-state index in [1.165, 1.54) is 6.07 Å². The van der Waals surface area contributed by atoms with E-state index >= 15 is 0 Å². The minimum atomic E-state index is -0.297. The Morgan fingerprint density at radius 2 is 2.25 bits per heavy atom. The highest BCUT2D eigenvalue weighted by atomic mass is 32.2. The predicted octanol–water partition coefficient (Wildman–Crippen LogP) is 2.95. The molecule has 0 aromatic heterocycles. The quantitative estimate of drug-likeness (QED) is 0.671. The first kappa shape index (κ1) is 9.39. The molecule has 0 spiro atoms. The van der Waals surface area contributed by atoms with Crippen molar-refractivity contribution in [1.29, 1.82) is 0 Å². The van der Waals surface area contributed by atoms with E-state index in [9.17, 15) is 4.39 Å². The predicted molar refractivity (Wildman–Crippen MR) is 49.4 cm³/mol. The molecule has 0 radical (unpaired) electrons. The Hall–Kier alpha value is -0.700. The summed E-state index contributed by atoms with van der Waals surface area (Å²) >= 11 is 1.57. The van der Waals surface area contributed by atoms with E-state index < -0.39 is 0 Å². The van der Waals surface area contributed by atoms with Crippen LogP contribution in [0.1, 0.15) is 6.92 Å². The largest absolute Gasteiger partial charge is 0.491 e. The van der Waals surface area contributed by atoms with Crippen molar-refractivity contribution in [1.82, 2.24) is 0 Å². The summed E-state index contributed by atoms with van der Waals surface area (Å²) in [5.41, 5.74) is 0. The SMILES string of the molecule is CCOc1cc(SC)ccc1F. The summed E-state index contributed by atoms with van der Waals surface area (Å²) in [4.78, 5) is 1.01. The highest BCUT2D eigenvalue weighted by Gasteiger charge is 2.02. The Morgan fingerprint density at radius 1 is 1.50 bits per heavy atom. The summed E-state index contributed by atoms with van der Waals surface area (Å²) in [6.07, 6.45) is 1.95. The van der Waals surface area contributed by atoms with Gasteiger partial charge in [-0.1, -0.05) is 0 Å². The molecule has 12 heavy (non-hydrogen) atoms. The maximum Gasteiger partial charge on any atom is 0.165 e. The van der Waals surface area contributed by atoms with Crippen molar-refractivity contribution >= 4 is 11.8 Å². The van der Waals surface area contributed by atoms with Gasteiger partial charge in [0.05, 0.1) is 6.61 Å². The lowest BCUT2D eigenvalue weighted by molar-refractivity contribution is 0.320. The lowest BCUT2D eigenvalue weighted by Crippen LogP contribution is -1.94. The number of hydrogen-bond donors (Lipinski definition) is 0. The summed E-state index contributed by atoms with van der Waals surface area (Å²) in [7, 11) is 0. The highest BCUT2D eigenvalue weighted by Crippen LogP contribution is 2.23. The van der Waals surface area contributed by atoms with E-state index in [2.05, 4.69) is 0 Å². The molecule has 1 nitrogen and oxygen atoms in total. The van der Waals surface area contributed by atoms with Crippen LogP contribution in [0.4, 0.5) is 4.39 Å². The fourth-order valence-corrected chi connectivity index (χ4v) is 1.31. The molecule has 0 aliphatic carbocycles. The molecule has 0 amide bonds. The van der Waals surface area contributed by atoms with Crippen LogP contribution in [-0.2, 0) is 0 Å². The van der Waals surface area contributed by atoms with Crippen LogP contribution in [0.3, 0.4) is 0 Å². The molecule has 0 heterocycles. The number of ether oxygens (including phenoxy) is 1. The zero-order valence-corrected chi connectivity index (χ0v) is 7.95. The van der Waals surface area contributed by atoms with E-state index in [1.807, 2.05) is 13.2 Å². The molecule has 0 bridgehead atoms. The first-order chi connectivity index (χ1) is 5.77. The van der Waals surface area contributed by atoms with Crippen LogP contribution in [0.25, 0.3) is 0 Å². The van der Waals surface area contributed by atoms with Gasteiger partial charge in [-0.25, -0.2) is 4.39 Å². The van der Waals surface area contributed by atoms with Gasteiger partial charge >= 0.3 is 0 Å². The molecule has 1 rings (SSSR count). The zero-order valence-electron chi connectivity index (χ0n) is 7.13. The van der Waals surface area contributed by atoms with Crippen molar-refractivity contribution in [2.75, 3.05) is 12.9 Å². The van der Waals surface area contributed by atoms with E-state index in [0.717, 1.165) is 4.90 Å². The summed E-state index contributed by atoms with van der Waals surface area (Å²) in [5.74, 6) is 0.0407. The van der Waals surface area contributed by atoms with Crippen molar-refractivity contribution in [3.63, 3.8) is 0 Å². The fourth-order valence-electron chi connectivity index (χ4n) is 0.877. The molecule has 0 saturated carbocycles. The van der Waals surface area contributed by atoms with Crippen LogP contribution in [0.15, 0.2) is 23.1 Å². The Labute approximate surface area is 75.9 Å². The fraction of sp³-hybridized carbons (Fsp3) is 0.333. The van der Waals surface area contributed by atoms with Gasteiger partial charge in [-0.3, -0.25) is 0 Å². The van der Waals surface area contributed by atoms with Crippen molar-refractivity contribution in [2.24, 2.45) is 0 Å². The molecule has 66 valence electrons. The second kappa shape index (κ2) is 4.36. The van der Waals surface area contributed by atoms with E-state index in [-0.39, 0.29) is 5.82 Å². The maximum absolute atomic E-state index is 13.0. The number of halogens is 1. The van der Waals surface area contributed by atoms with Crippen LogP contribution in [0.2, 0.25) is 0 Å². The molecule has 0 fully saturated rings. The van der Waals surface area contributed by atoms with E-state index in [1.54, 1.807) is 23.9 Å². The van der Waals surface area contributed by atoms with Gasteiger partial charge in [0.25, 0.3) is 0 Å². The molecule has 3 heteroatoms. The summed E-state index contributed by atoms with van der Waals surface area (Å²) in [6.45, 7) is 2.33. The molecule has 1 aromatic rings. The Morgan fingerprint density at radius 3 is 2.83 bits per heavy atom. The molecule has 0 saturated heterocycles. The standard InChI is InChI=1S/C9H11FOS/c1-3-11-9-6-7(12-2)4-5-8(9)10/h4-6H,3H2,1-2H3. The maximum atomic E-state index is 13.0. The van der Waals surface area contributed by atoms with Crippen LogP contribution in [0, 0.1) is 5.82 Å². The first-order valence-electron chi connectivity index (χ1n) is 3.74. The molecular weight excluding hydrogens is 175 g/mol. The molecule has 0 aliphatic rings. The van der Waals surface area contributed by atoms with Gasteiger partial charge in [0.2, 0.25) is 0 Å². The second-order valence-corrected chi connectivity index (χ2v) is 3.11. The third kappa shape index (κ3) is 2.14. The summed E-state index contributed by atoms with van der Waals surface area (Å²) in [5, 5.41) is 0. The van der Waals surface area contributed by atoms with Gasteiger partial charge in [0.15, 0.2) is 11.6 Å². The number of benzene rings is 1. The third-order valence-corrected chi connectivity index (χ3v) is 2.16. The first-order valence-corrected chi connectivity index (χ1v) is 4.96. The lowest BCUT2D eigenvalue weighted by atomic mass is 10.3. The molecule has 0 aliphatic heterocycles. The van der Waals surface area contributed by atoms with Crippen LogP contribution in [-0.4, -0.2) is 12.9 Å². The molecular formula is C9H11FOS. The molecule has 0 N–H and O–H groups in total. The Balaban J connectivity index is 2.91. The van der Waals surface area contributed by atoms with Crippen molar-refractivity contribution in [3.05, 3.63) is 24.0 Å². The van der Waals surface area contributed by atoms with Crippen molar-refractivity contribution in [3.8, 4) is 5.75 Å². The van der Waals surface area contributed by atoms with Gasteiger partial charge < -0.3 is 4.74 Å². The summed E-state index contributed by atoms with van der Waals surface area (Å²) < 4.78 is 18.0. The average Bonchev–Trinajstić information content (AvgIpc) is 2.09. The lowest BCUT2D eigenvalue weighted by Gasteiger charge is -2.05. The van der Waals surface area contributed by atoms with Crippen LogP contribution < -0.4 is 4.74 Å². The smallest absolute Gasteiger partial charge is 0.165 e. The Bertz CT molecular complexity index is 263. The minimum Gasteiger partial charge on any atom is -0.491 e. The van der Waals surface area contributed by atoms with Gasteiger partial charge in [-0.15, -0.1) is 11.8 Å². The molecule has 0 unspecified atom stereocenters. The van der Waals surface area contributed by atoms with Crippen LogP contribution >= 0.6 is 11.8 Å². The number of thioether (sulfide) groups is 1. The second-order valence-electron chi connectivity index (χ2n) is 2.23. The van der Waals surface area contributed by atoms with Gasteiger partial charge in [-0.2, -0.15) is 0 Å².